The Morgan fingerprint density at radius 3 is 2.46 bits per heavy atom. The Morgan fingerprint density at radius 1 is 0.974 bits per heavy atom. The Bertz CT molecular complexity index is 1550. The number of hydrogen-bond acceptors (Lipinski definition) is 6. The van der Waals surface area contributed by atoms with E-state index in [1.807, 2.05) is 6.08 Å². The van der Waals surface area contributed by atoms with Gasteiger partial charge < -0.3 is 10.2 Å². The van der Waals surface area contributed by atoms with Gasteiger partial charge in [-0.05, 0) is 74.1 Å². The molecule has 4 aliphatic rings. The molecule has 6 rings (SSSR count). The second-order valence-corrected chi connectivity index (χ2v) is 11.1. The zero-order chi connectivity index (χ0) is 27.6. The van der Waals surface area contributed by atoms with Gasteiger partial charge in [-0.15, -0.1) is 0 Å². The van der Waals surface area contributed by atoms with Crippen LogP contribution < -0.4 is 0 Å². The number of hydrogen-bond donors (Lipinski definition) is 2. The summed E-state index contributed by atoms with van der Waals surface area (Å²) in [6, 6.07) is 11.2. The molecule has 0 bridgehead atoms. The van der Waals surface area contributed by atoms with Gasteiger partial charge in [-0.2, -0.15) is 0 Å². The van der Waals surface area contributed by atoms with E-state index in [0.717, 1.165) is 11.1 Å². The van der Waals surface area contributed by atoms with Crippen LogP contribution in [0.4, 0.5) is 0 Å². The molecular formula is C31H26ClNO6. The van der Waals surface area contributed by atoms with Crippen LogP contribution >= 0.6 is 11.6 Å². The molecule has 0 saturated carbocycles. The summed E-state index contributed by atoms with van der Waals surface area (Å²) >= 11 is 6.30. The molecule has 1 saturated heterocycles. The first-order valence-electron chi connectivity index (χ1n) is 13.0. The maximum absolute atomic E-state index is 13.8. The minimum Gasteiger partial charge on any atom is -0.508 e. The van der Waals surface area contributed by atoms with E-state index in [1.165, 1.54) is 17.0 Å². The van der Waals surface area contributed by atoms with Gasteiger partial charge in [0.15, 0.2) is 11.6 Å². The Labute approximate surface area is 230 Å². The number of nitrogens with zero attached hydrogens (tertiary/aromatic N) is 1. The highest BCUT2D eigenvalue weighted by molar-refractivity contribution is 6.30. The van der Waals surface area contributed by atoms with Crippen LogP contribution in [0.15, 0.2) is 76.9 Å². The highest BCUT2D eigenvalue weighted by atomic mass is 35.5. The molecule has 0 radical (unpaired) electrons. The molecule has 1 fully saturated rings. The van der Waals surface area contributed by atoms with Gasteiger partial charge in [0.25, 0.3) is 0 Å². The lowest BCUT2D eigenvalue weighted by atomic mass is 9.59. The van der Waals surface area contributed by atoms with Gasteiger partial charge in [0.1, 0.15) is 11.5 Å². The molecule has 2 aromatic carbocycles. The third-order valence-corrected chi connectivity index (χ3v) is 8.75. The number of aromatic hydroxyl groups is 2. The van der Waals surface area contributed by atoms with E-state index in [4.69, 9.17) is 11.6 Å². The lowest BCUT2D eigenvalue weighted by Crippen LogP contribution is -2.40. The molecule has 1 heterocycles. The van der Waals surface area contributed by atoms with Crippen LogP contribution in [0, 0.1) is 17.8 Å². The van der Waals surface area contributed by atoms with Crippen molar-refractivity contribution in [3.63, 3.8) is 0 Å². The van der Waals surface area contributed by atoms with E-state index in [9.17, 15) is 29.4 Å². The number of rotatable bonds is 4. The Morgan fingerprint density at radius 2 is 1.72 bits per heavy atom. The third kappa shape index (κ3) is 4.03. The topological polar surface area (TPSA) is 112 Å². The molecule has 8 heteroatoms. The fraction of sp³-hybridized carbons (Fsp3) is 0.290. The molecule has 198 valence electrons. The largest absolute Gasteiger partial charge is 0.508 e. The number of likely N-dealkylation sites (tertiary alicyclic amines) is 1. The van der Waals surface area contributed by atoms with Crippen molar-refractivity contribution in [1.82, 2.24) is 4.90 Å². The van der Waals surface area contributed by atoms with E-state index >= 15 is 0 Å². The van der Waals surface area contributed by atoms with Crippen molar-refractivity contribution in [2.24, 2.45) is 17.8 Å². The van der Waals surface area contributed by atoms with Crippen molar-refractivity contribution in [3.05, 3.63) is 93.1 Å². The van der Waals surface area contributed by atoms with Crippen molar-refractivity contribution in [2.75, 3.05) is 6.54 Å². The standard InChI is InChI=1S/C31H26ClNO6/c1-15-12-25(36)23-14-21-19(26(28(23)29(15)37)22-13-17(32)4-9-24(22)35)7-8-20-27(21)31(39)33(30(20)38)11-10-16-2-5-18(34)6-3-16/h2-7,9,12-13,20-21,26-27,34-35H,8,10-11,14H2,1H3/t20-,21+,26+,27-/m0/s1. The third-order valence-electron chi connectivity index (χ3n) is 8.52. The second kappa shape index (κ2) is 9.35. The van der Waals surface area contributed by atoms with E-state index in [2.05, 4.69) is 0 Å². The summed E-state index contributed by atoms with van der Waals surface area (Å²) in [5.41, 5.74) is 3.04. The molecule has 2 N–H and O–H groups in total. The van der Waals surface area contributed by atoms with Gasteiger partial charge in [0, 0.05) is 39.8 Å². The Kier molecular flexibility index (Phi) is 6.07. The van der Waals surface area contributed by atoms with Crippen molar-refractivity contribution < 1.29 is 29.4 Å². The predicted octanol–water partition coefficient (Wildman–Crippen LogP) is 4.42. The number of Topliss-reactive ketones (excluding diaryl/α,β-unsaturated/α-hetero) is 1. The highest BCUT2D eigenvalue weighted by Crippen LogP contribution is 2.56. The molecule has 3 aliphatic carbocycles. The molecule has 0 unspecified atom stereocenters. The number of fused-ring (bicyclic) bond motifs is 3. The SMILES string of the molecule is CC1=CC(=O)C2=C(C1=O)[C@@H](c1cc(Cl)ccc1O)C1=CC[C@@H]3C(=O)N(CCc4ccc(O)cc4)C(=O)[C@@H]3[C@@H]1C2. The number of carbonyl (C=O) groups excluding carboxylic acids is 4. The first kappa shape index (κ1) is 25.3. The number of carbonyl (C=O) groups is 4. The smallest absolute Gasteiger partial charge is 0.233 e. The van der Waals surface area contributed by atoms with E-state index in [0.29, 0.717) is 40.1 Å². The average Bonchev–Trinajstić information content (AvgIpc) is 3.16. The Balaban J connectivity index is 1.39. The second-order valence-electron chi connectivity index (χ2n) is 10.7. The van der Waals surface area contributed by atoms with Crippen LogP contribution in [0.5, 0.6) is 11.5 Å². The first-order chi connectivity index (χ1) is 18.7. The molecular weight excluding hydrogens is 518 g/mol. The fourth-order valence-corrected chi connectivity index (χ4v) is 6.84. The maximum Gasteiger partial charge on any atom is 0.233 e. The van der Waals surface area contributed by atoms with E-state index < -0.39 is 23.7 Å². The molecule has 2 aromatic rings. The molecule has 7 nitrogen and oxygen atoms in total. The van der Waals surface area contributed by atoms with Crippen LogP contribution in [0.25, 0.3) is 0 Å². The van der Waals surface area contributed by atoms with Crippen molar-refractivity contribution >= 4 is 35.0 Å². The summed E-state index contributed by atoms with van der Waals surface area (Å²) in [5.74, 6) is -3.40. The minimum atomic E-state index is -0.743. The van der Waals surface area contributed by atoms with Crippen molar-refractivity contribution in [2.45, 2.75) is 32.1 Å². The predicted molar refractivity (Wildman–Crippen MR) is 143 cm³/mol. The van der Waals surface area contributed by atoms with Crippen LogP contribution in [-0.2, 0) is 25.6 Å². The first-order valence-corrected chi connectivity index (χ1v) is 13.4. The molecule has 4 atom stereocenters. The van der Waals surface area contributed by atoms with Gasteiger partial charge in [0.05, 0.1) is 11.8 Å². The summed E-state index contributed by atoms with van der Waals surface area (Å²) in [6.07, 6.45) is 4.21. The molecule has 1 aliphatic heterocycles. The number of allylic oxidation sites excluding steroid dienone is 6. The lowest BCUT2D eigenvalue weighted by Gasteiger charge is -2.42. The van der Waals surface area contributed by atoms with Gasteiger partial charge in [-0.25, -0.2) is 0 Å². The monoisotopic (exact) mass is 543 g/mol. The average molecular weight is 544 g/mol. The van der Waals surface area contributed by atoms with E-state index in [1.54, 1.807) is 43.3 Å². The van der Waals surface area contributed by atoms with E-state index in [-0.39, 0.29) is 47.8 Å². The van der Waals surface area contributed by atoms with Crippen molar-refractivity contribution in [1.29, 1.82) is 0 Å². The molecule has 39 heavy (non-hydrogen) atoms. The summed E-state index contributed by atoms with van der Waals surface area (Å²) in [5, 5.41) is 20.8. The van der Waals surface area contributed by atoms with Crippen LogP contribution in [0.1, 0.15) is 36.8 Å². The molecule has 0 spiro atoms. The van der Waals surface area contributed by atoms with Crippen LogP contribution in [0.3, 0.4) is 0 Å². The molecule has 0 aromatic heterocycles. The maximum atomic E-state index is 13.8. The van der Waals surface area contributed by atoms with Crippen LogP contribution in [-0.4, -0.2) is 45.0 Å². The minimum absolute atomic E-state index is 0.0586. The van der Waals surface area contributed by atoms with Gasteiger partial charge in [0.2, 0.25) is 11.8 Å². The number of halogens is 1. The number of benzene rings is 2. The summed E-state index contributed by atoms with van der Waals surface area (Å²) in [7, 11) is 0. The number of phenolic OH excluding ortho intramolecular Hbond substituents is 2. The molecule has 2 amide bonds. The highest BCUT2D eigenvalue weighted by Gasteiger charge is 2.56. The quantitative estimate of drug-likeness (QED) is 0.335. The zero-order valence-corrected chi connectivity index (χ0v) is 21.9. The normalized spacial score (nSPS) is 26.3. The van der Waals surface area contributed by atoms with Gasteiger partial charge in [-0.3, -0.25) is 24.1 Å². The lowest BCUT2D eigenvalue weighted by molar-refractivity contribution is -0.140. The number of amides is 2. The zero-order valence-electron chi connectivity index (χ0n) is 21.2. The number of phenols is 2. The van der Waals surface area contributed by atoms with Gasteiger partial charge >= 0.3 is 0 Å². The Hall–Kier alpha value is -3.97. The number of ketones is 2. The number of imide groups is 1. The summed E-state index contributed by atoms with van der Waals surface area (Å²) in [6.45, 7) is 1.81. The van der Waals surface area contributed by atoms with Crippen LogP contribution in [0.2, 0.25) is 5.02 Å². The van der Waals surface area contributed by atoms with Crippen molar-refractivity contribution in [3.8, 4) is 11.5 Å². The summed E-state index contributed by atoms with van der Waals surface area (Å²) < 4.78 is 0. The summed E-state index contributed by atoms with van der Waals surface area (Å²) in [4.78, 5) is 55.2. The fourth-order valence-electron chi connectivity index (χ4n) is 6.66. The van der Waals surface area contributed by atoms with Gasteiger partial charge in [-0.1, -0.05) is 35.4 Å².